The first-order valence-electron chi connectivity index (χ1n) is 11.7. The van der Waals surface area contributed by atoms with Crippen LogP contribution in [0.3, 0.4) is 0 Å². The molecule has 0 saturated carbocycles. The first-order chi connectivity index (χ1) is 15.6. The maximum absolute atomic E-state index is 7.47. The average molecular weight is 439 g/mol. The maximum Gasteiger partial charge on any atom is 0.122 e. The highest BCUT2D eigenvalue weighted by molar-refractivity contribution is 5.95. The fraction of sp³-hybridized carbons (Fsp3) is 0.462. The monoisotopic (exact) mass is 438 g/mol. The third-order valence-electron chi connectivity index (χ3n) is 5.37. The van der Waals surface area contributed by atoms with E-state index >= 15 is 0 Å². The van der Waals surface area contributed by atoms with Crippen LogP contribution in [0.15, 0.2) is 48.5 Å². The van der Waals surface area contributed by atoms with Crippen LogP contribution in [-0.2, 0) is 0 Å². The minimum atomic E-state index is 0.0696. The van der Waals surface area contributed by atoms with E-state index in [2.05, 4.69) is 0 Å². The molecule has 32 heavy (non-hydrogen) atoms. The molecule has 0 unspecified atom stereocenters. The summed E-state index contributed by atoms with van der Waals surface area (Å²) in [5.74, 6) is 1.71. The van der Waals surface area contributed by atoms with E-state index in [-0.39, 0.29) is 11.7 Å². The summed E-state index contributed by atoms with van der Waals surface area (Å²) in [6, 6.07) is 14.8. The summed E-state index contributed by atoms with van der Waals surface area (Å²) in [5.41, 5.74) is 12.4. The molecule has 0 aromatic heterocycles. The minimum absolute atomic E-state index is 0.0696. The highest BCUT2D eigenvalue weighted by Crippen LogP contribution is 2.16. The number of nitrogens with two attached hydrogens (primary N) is 2. The van der Waals surface area contributed by atoms with Crippen LogP contribution in [0.25, 0.3) is 0 Å². The Morgan fingerprint density at radius 2 is 0.906 bits per heavy atom. The molecule has 6 heteroatoms. The molecular formula is C26H38N4O2. The highest BCUT2D eigenvalue weighted by Gasteiger charge is 2.01. The second-order valence-electron chi connectivity index (χ2n) is 8.12. The summed E-state index contributed by atoms with van der Waals surface area (Å²) >= 11 is 0. The van der Waals surface area contributed by atoms with Crippen LogP contribution in [0.2, 0.25) is 0 Å². The van der Waals surface area contributed by atoms with E-state index in [1.54, 1.807) is 0 Å². The van der Waals surface area contributed by atoms with Gasteiger partial charge < -0.3 is 20.9 Å². The lowest BCUT2D eigenvalue weighted by atomic mass is 10.1. The molecule has 0 aliphatic carbocycles. The Morgan fingerprint density at radius 1 is 0.562 bits per heavy atom. The van der Waals surface area contributed by atoms with E-state index in [4.69, 9.17) is 31.8 Å². The van der Waals surface area contributed by atoms with Crippen LogP contribution in [0.5, 0.6) is 11.5 Å². The molecule has 6 nitrogen and oxygen atoms in total. The lowest BCUT2D eigenvalue weighted by Gasteiger charge is -2.08. The standard InChI is InChI=1S/C26H38N4O2/c27-25(28)21-13-11-15-23(19-21)31-17-9-7-5-3-1-2-4-6-8-10-18-32-24-16-12-14-22(20-24)26(29)30/h11-16,19-20H,1-10,17-18H2,(H3,27,28)(H3,29,30). The van der Waals surface area contributed by atoms with Crippen molar-refractivity contribution in [2.75, 3.05) is 13.2 Å². The van der Waals surface area contributed by atoms with E-state index in [1.807, 2.05) is 48.5 Å². The Labute approximate surface area is 192 Å². The zero-order valence-electron chi connectivity index (χ0n) is 19.1. The molecule has 0 saturated heterocycles. The summed E-state index contributed by atoms with van der Waals surface area (Å²) in [6.07, 6.45) is 12.2. The van der Waals surface area contributed by atoms with E-state index in [1.165, 1.54) is 51.4 Å². The quantitative estimate of drug-likeness (QED) is 0.146. The van der Waals surface area contributed by atoms with E-state index in [0.717, 1.165) is 24.3 Å². The maximum atomic E-state index is 7.47. The molecule has 6 N–H and O–H groups in total. The smallest absolute Gasteiger partial charge is 0.122 e. The Morgan fingerprint density at radius 3 is 1.25 bits per heavy atom. The van der Waals surface area contributed by atoms with Crippen LogP contribution in [0, 0.1) is 10.8 Å². The number of hydrogen-bond donors (Lipinski definition) is 4. The number of unbranched alkanes of at least 4 members (excludes halogenated alkanes) is 9. The molecule has 0 atom stereocenters. The van der Waals surface area contributed by atoms with Gasteiger partial charge in [-0.3, -0.25) is 10.8 Å². The van der Waals surface area contributed by atoms with Crippen molar-refractivity contribution in [1.29, 1.82) is 10.8 Å². The van der Waals surface area contributed by atoms with Crippen molar-refractivity contribution in [3.63, 3.8) is 0 Å². The SMILES string of the molecule is N=C(N)c1cccc(OCCCCCCCCCCCCOc2cccc(C(=N)N)c2)c1. The minimum Gasteiger partial charge on any atom is -0.494 e. The summed E-state index contributed by atoms with van der Waals surface area (Å²) < 4.78 is 11.5. The molecule has 2 aromatic rings. The number of rotatable bonds is 17. The molecule has 0 fully saturated rings. The highest BCUT2D eigenvalue weighted by atomic mass is 16.5. The molecule has 0 spiro atoms. The van der Waals surface area contributed by atoms with Gasteiger partial charge in [-0.15, -0.1) is 0 Å². The molecule has 0 heterocycles. The van der Waals surface area contributed by atoms with E-state index < -0.39 is 0 Å². The molecule has 0 bridgehead atoms. The number of amidine groups is 2. The van der Waals surface area contributed by atoms with Crippen molar-refractivity contribution in [1.82, 2.24) is 0 Å². The van der Waals surface area contributed by atoms with Crippen molar-refractivity contribution >= 4 is 11.7 Å². The topological polar surface area (TPSA) is 118 Å². The molecule has 2 aromatic carbocycles. The van der Waals surface area contributed by atoms with Gasteiger partial charge in [0.2, 0.25) is 0 Å². The Balaban J connectivity index is 1.37. The Bertz CT molecular complexity index is 769. The van der Waals surface area contributed by atoms with Gasteiger partial charge in [0.1, 0.15) is 23.2 Å². The van der Waals surface area contributed by atoms with Gasteiger partial charge >= 0.3 is 0 Å². The number of benzene rings is 2. The van der Waals surface area contributed by atoms with Crippen molar-refractivity contribution in [2.24, 2.45) is 11.5 Å². The van der Waals surface area contributed by atoms with E-state index in [0.29, 0.717) is 24.3 Å². The second-order valence-corrected chi connectivity index (χ2v) is 8.12. The lowest BCUT2D eigenvalue weighted by Crippen LogP contribution is -2.11. The number of nitrogen functional groups attached to an aromatic ring is 2. The first-order valence-corrected chi connectivity index (χ1v) is 11.7. The zero-order valence-corrected chi connectivity index (χ0v) is 19.1. The molecule has 2 rings (SSSR count). The molecule has 174 valence electrons. The molecule has 0 aliphatic heterocycles. The molecule has 0 aliphatic rings. The largest absolute Gasteiger partial charge is 0.494 e. The van der Waals surface area contributed by atoms with Gasteiger partial charge in [0.05, 0.1) is 13.2 Å². The average Bonchev–Trinajstić information content (AvgIpc) is 2.79. The van der Waals surface area contributed by atoms with Crippen molar-refractivity contribution in [3.8, 4) is 11.5 Å². The van der Waals surface area contributed by atoms with Crippen LogP contribution in [-0.4, -0.2) is 24.9 Å². The normalized spacial score (nSPS) is 10.6. The predicted molar refractivity (Wildman–Crippen MR) is 132 cm³/mol. The van der Waals surface area contributed by atoms with Gasteiger partial charge in [-0.1, -0.05) is 75.6 Å². The Hall–Kier alpha value is -3.02. The van der Waals surface area contributed by atoms with E-state index in [9.17, 15) is 0 Å². The predicted octanol–water partition coefficient (Wildman–Crippen LogP) is 5.61. The van der Waals surface area contributed by atoms with Crippen LogP contribution < -0.4 is 20.9 Å². The molecule has 0 radical (unpaired) electrons. The lowest BCUT2D eigenvalue weighted by molar-refractivity contribution is 0.303. The van der Waals surface area contributed by atoms with Gasteiger partial charge in [0.25, 0.3) is 0 Å². The van der Waals surface area contributed by atoms with Gasteiger partial charge in [-0.2, -0.15) is 0 Å². The first kappa shape index (κ1) is 25.2. The summed E-state index contributed by atoms with van der Waals surface area (Å²) in [4.78, 5) is 0. The Kier molecular flexibility index (Phi) is 11.7. The van der Waals surface area contributed by atoms with Crippen molar-refractivity contribution < 1.29 is 9.47 Å². The van der Waals surface area contributed by atoms with Crippen molar-refractivity contribution in [2.45, 2.75) is 64.2 Å². The fourth-order valence-electron chi connectivity index (χ4n) is 3.51. The summed E-state index contributed by atoms with van der Waals surface area (Å²) in [7, 11) is 0. The number of ether oxygens (including phenoxy) is 2. The van der Waals surface area contributed by atoms with Gasteiger partial charge in [0, 0.05) is 11.1 Å². The van der Waals surface area contributed by atoms with Crippen LogP contribution in [0.4, 0.5) is 0 Å². The van der Waals surface area contributed by atoms with Crippen LogP contribution >= 0.6 is 0 Å². The van der Waals surface area contributed by atoms with Crippen LogP contribution in [0.1, 0.15) is 75.3 Å². The summed E-state index contributed by atoms with van der Waals surface area (Å²) in [5, 5.41) is 14.9. The number of hydrogen-bond acceptors (Lipinski definition) is 4. The van der Waals surface area contributed by atoms with Gasteiger partial charge in [0.15, 0.2) is 0 Å². The second kappa shape index (κ2) is 14.9. The number of nitrogens with one attached hydrogen (secondary N) is 2. The fourth-order valence-corrected chi connectivity index (χ4v) is 3.51. The van der Waals surface area contributed by atoms with Gasteiger partial charge in [-0.05, 0) is 37.1 Å². The summed E-state index contributed by atoms with van der Waals surface area (Å²) in [6.45, 7) is 1.42. The molecular weight excluding hydrogens is 400 g/mol. The third kappa shape index (κ3) is 10.3. The molecule has 0 amide bonds. The third-order valence-corrected chi connectivity index (χ3v) is 5.37. The zero-order chi connectivity index (χ0) is 23.0. The van der Waals surface area contributed by atoms with Crippen molar-refractivity contribution in [3.05, 3.63) is 59.7 Å². The van der Waals surface area contributed by atoms with Gasteiger partial charge in [-0.25, -0.2) is 0 Å².